The van der Waals surface area contributed by atoms with Gasteiger partial charge in [0.1, 0.15) is 6.10 Å². The first-order valence-corrected chi connectivity index (χ1v) is 5.09. The highest BCUT2D eigenvalue weighted by atomic mass is 16.5. The fourth-order valence-electron chi connectivity index (χ4n) is 1.98. The number of imidazole rings is 1. The van der Waals surface area contributed by atoms with Crippen LogP contribution in [0.15, 0.2) is 12.5 Å². The van der Waals surface area contributed by atoms with Crippen LogP contribution in [0.5, 0.6) is 0 Å². The number of aromatic nitrogens is 2. The number of aliphatic hydroxyl groups excluding tert-OH is 1. The van der Waals surface area contributed by atoms with Gasteiger partial charge in [-0.15, -0.1) is 0 Å². The molecule has 4 heteroatoms. The average Bonchev–Trinajstić information content (AvgIpc) is 2.85. The SMILES string of the molecule is CCn1cncc1C1OCCC1CO. The lowest BCUT2D eigenvalue weighted by Gasteiger charge is -2.17. The molecule has 1 aliphatic rings. The minimum atomic E-state index is 0.0300. The Hall–Kier alpha value is -0.870. The number of ether oxygens (including phenoxy) is 1. The zero-order valence-electron chi connectivity index (χ0n) is 8.39. The molecule has 0 bridgehead atoms. The fraction of sp³-hybridized carbons (Fsp3) is 0.700. The van der Waals surface area contributed by atoms with E-state index in [-0.39, 0.29) is 18.6 Å². The Morgan fingerprint density at radius 1 is 1.71 bits per heavy atom. The lowest BCUT2D eigenvalue weighted by atomic mass is 10.0. The monoisotopic (exact) mass is 196 g/mol. The summed E-state index contributed by atoms with van der Waals surface area (Å²) >= 11 is 0. The van der Waals surface area contributed by atoms with E-state index in [1.54, 1.807) is 0 Å². The Morgan fingerprint density at radius 3 is 3.29 bits per heavy atom. The van der Waals surface area contributed by atoms with Gasteiger partial charge < -0.3 is 14.4 Å². The second kappa shape index (κ2) is 4.11. The van der Waals surface area contributed by atoms with Gasteiger partial charge in [0.25, 0.3) is 0 Å². The lowest BCUT2D eigenvalue weighted by Crippen LogP contribution is -2.15. The molecule has 78 valence electrons. The van der Waals surface area contributed by atoms with E-state index in [1.165, 1.54) is 0 Å². The summed E-state index contributed by atoms with van der Waals surface area (Å²) in [7, 11) is 0. The van der Waals surface area contributed by atoms with Crippen LogP contribution in [0.1, 0.15) is 25.1 Å². The van der Waals surface area contributed by atoms with Crippen molar-refractivity contribution < 1.29 is 9.84 Å². The van der Waals surface area contributed by atoms with E-state index in [9.17, 15) is 5.11 Å². The van der Waals surface area contributed by atoms with Crippen LogP contribution in [0.3, 0.4) is 0 Å². The van der Waals surface area contributed by atoms with Crippen molar-refractivity contribution in [1.82, 2.24) is 9.55 Å². The van der Waals surface area contributed by atoms with Gasteiger partial charge in [-0.1, -0.05) is 0 Å². The largest absolute Gasteiger partial charge is 0.396 e. The van der Waals surface area contributed by atoms with Crippen molar-refractivity contribution in [2.45, 2.75) is 26.0 Å². The maximum Gasteiger partial charge on any atom is 0.104 e. The molecule has 2 atom stereocenters. The molecule has 1 aromatic heterocycles. The highest BCUT2D eigenvalue weighted by Crippen LogP contribution is 2.33. The summed E-state index contributed by atoms with van der Waals surface area (Å²) in [6.45, 7) is 3.91. The van der Waals surface area contributed by atoms with Gasteiger partial charge in [0.05, 0.1) is 18.2 Å². The van der Waals surface area contributed by atoms with Gasteiger partial charge in [0.15, 0.2) is 0 Å². The standard InChI is InChI=1S/C10H16N2O2/c1-2-12-7-11-5-9(12)10-8(6-13)3-4-14-10/h5,7-8,10,13H,2-4,6H2,1H3. The maximum absolute atomic E-state index is 9.19. The van der Waals surface area contributed by atoms with Crippen molar-refractivity contribution in [1.29, 1.82) is 0 Å². The van der Waals surface area contributed by atoms with Crippen LogP contribution in [0.2, 0.25) is 0 Å². The summed E-state index contributed by atoms with van der Waals surface area (Å²) in [5.41, 5.74) is 1.09. The molecule has 1 aliphatic heterocycles. The Bertz CT molecular complexity index is 298. The zero-order valence-corrected chi connectivity index (χ0v) is 8.39. The van der Waals surface area contributed by atoms with E-state index in [2.05, 4.69) is 16.5 Å². The van der Waals surface area contributed by atoms with Crippen molar-refractivity contribution >= 4 is 0 Å². The number of aryl methyl sites for hydroxylation is 1. The molecule has 0 aromatic carbocycles. The number of nitrogens with zero attached hydrogens (tertiary/aromatic N) is 2. The molecule has 14 heavy (non-hydrogen) atoms. The first-order valence-electron chi connectivity index (χ1n) is 5.09. The first-order chi connectivity index (χ1) is 6.86. The maximum atomic E-state index is 9.19. The molecule has 1 aromatic rings. The first kappa shape index (κ1) is 9.68. The fourth-order valence-corrected chi connectivity index (χ4v) is 1.98. The number of hydrogen-bond donors (Lipinski definition) is 1. The Labute approximate surface area is 83.5 Å². The molecular formula is C10H16N2O2. The molecular weight excluding hydrogens is 180 g/mol. The van der Waals surface area contributed by atoms with Gasteiger partial charge in [-0.25, -0.2) is 4.98 Å². The van der Waals surface area contributed by atoms with Crippen LogP contribution in [0, 0.1) is 5.92 Å². The van der Waals surface area contributed by atoms with Gasteiger partial charge in [-0.3, -0.25) is 0 Å². The average molecular weight is 196 g/mol. The molecule has 4 nitrogen and oxygen atoms in total. The van der Waals surface area contributed by atoms with Gasteiger partial charge in [0, 0.05) is 25.7 Å². The highest BCUT2D eigenvalue weighted by molar-refractivity contribution is 5.06. The third-order valence-electron chi connectivity index (χ3n) is 2.83. The van der Waals surface area contributed by atoms with E-state index >= 15 is 0 Å². The molecule has 0 radical (unpaired) electrons. The van der Waals surface area contributed by atoms with Gasteiger partial charge in [0.2, 0.25) is 0 Å². The van der Waals surface area contributed by atoms with Crippen LogP contribution >= 0.6 is 0 Å². The second-order valence-electron chi connectivity index (χ2n) is 3.63. The normalized spacial score (nSPS) is 27.0. The second-order valence-corrected chi connectivity index (χ2v) is 3.63. The smallest absolute Gasteiger partial charge is 0.104 e. The molecule has 0 spiro atoms. The van der Waals surface area contributed by atoms with Crippen LogP contribution in [-0.2, 0) is 11.3 Å². The molecule has 1 fully saturated rings. The summed E-state index contributed by atoms with van der Waals surface area (Å²) in [6, 6.07) is 0. The van der Waals surface area contributed by atoms with E-state index in [0.29, 0.717) is 0 Å². The van der Waals surface area contributed by atoms with E-state index in [0.717, 1.165) is 25.3 Å². The summed E-state index contributed by atoms with van der Waals surface area (Å²) < 4.78 is 7.69. The van der Waals surface area contributed by atoms with Crippen molar-refractivity contribution in [3.63, 3.8) is 0 Å². The third-order valence-corrected chi connectivity index (χ3v) is 2.83. The molecule has 2 rings (SSSR count). The molecule has 2 unspecified atom stereocenters. The summed E-state index contributed by atoms with van der Waals surface area (Å²) in [6.07, 6.45) is 4.62. The van der Waals surface area contributed by atoms with E-state index < -0.39 is 0 Å². The van der Waals surface area contributed by atoms with Crippen molar-refractivity contribution in [3.8, 4) is 0 Å². The molecule has 2 heterocycles. The molecule has 0 amide bonds. The van der Waals surface area contributed by atoms with Gasteiger partial charge in [-0.2, -0.15) is 0 Å². The number of aliphatic hydroxyl groups is 1. The molecule has 0 aliphatic carbocycles. The molecule has 0 saturated carbocycles. The third kappa shape index (κ3) is 1.55. The van der Waals surface area contributed by atoms with Crippen LogP contribution in [-0.4, -0.2) is 27.9 Å². The van der Waals surface area contributed by atoms with Crippen LogP contribution in [0.4, 0.5) is 0 Å². The minimum absolute atomic E-state index is 0.0300. The van der Waals surface area contributed by atoms with E-state index in [1.807, 2.05) is 12.5 Å². The minimum Gasteiger partial charge on any atom is -0.396 e. The molecule has 1 N–H and O–H groups in total. The van der Waals surface area contributed by atoms with Crippen LogP contribution in [0.25, 0.3) is 0 Å². The Morgan fingerprint density at radius 2 is 2.57 bits per heavy atom. The summed E-state index contributed by atoms with van der Waals surface area (Å²) in [4.78, 5) is 4.11. The Kier molecular flexibility index (Phi) is 2.84. The zero-order chi connectivity index (χ0) is 9.97. The van der Waals surface area contributed by atoms with Crippen LogP contribution < -0.4 is 0 Å². The Balaban J connectivity index is 2.21. The van der Waals surface area contributed by atoms with Crippen molar-refractivity contribution in [3.05, 3.63) is 18.2 Å². The molecule has 1 saturated heterocycles. The highest BCUT2D eigenvalue weighted by Gasteiger charge is 2.30. The topological polar surface area (TPSA) is 47.3 Å². The van der Waals surface area contributed by atoms with Gasteiger partial charge in [-0.05, 0) is 13.3 Å². The van der Waals surface area contributed by atoms with Crippen molar-refractivity contribution in [2.75, 3.05) is 13.2 Å². The predicted molar refractivity (Wildman–Crippen MR) is 51.8 cm³/mol. The number of rotatable bonds is 3. The summed E-state index contributed by atoms with van der Waals surface area (Å²) in [5.74, 6) is 0.233. The van der Waals surface area contributed by atoms with Gasteiger partial charge >= 0.3 is 0 Å². The lowest BCUT2D eigenvalue weighted by molar-refractivity contribution is 0.0662. The quantitative estimate of drug-likeness (QED) is 0.783. The predicted octanol–water partition coefficient (Wildman–Crippen LogP) is 0.973. The number of hydrogen-bond acceptors (Lipinski definition) is 3. The van der Waals surface area contributed by atoms with E-state index in [4.69, 9.17) is 4.74 Å². The summed E-state index contributed by atoms with van der Waals surface area (Å²) in [5, 5.41) is 9.19. The van der Waals surface area contributed by atoms with Crippen molar-refractivity contribution in [2.24, 2.45) is 5.92 Å².